The summed E-state index contributed by atoms with van der Waals surface area (Å²) in [4.78, 5) is 29.3. The van der Waals surface area contributed by atoms with E-state index in [1.165, 1.54) is 0 Å². The second kappa shape index (κ2) is 9.39. The van der Waals surface area contributed by atoms with Gasteiger partial charge in [0.15, 0.2) is 6.10 Å². The van der Waals surface area contributed by atoms with E-state index in [2.05, 4.69) is 10.2 Å². The number of carbonyl (C=O) groups is 2. The standard InChI is InChI=1S/C21H31N3O4/c1-15(2)20-21(26)24(17-13-16(3)5-6-18(17)28-20)14-19(25)22-7-4-8-23-9-11-27-12-10-23/h5-6,13,15,20H,4,7-12,14H2,1-3H3,(H,22,25)/t20-/m1/s1. The van der Waals surface area contributed by atoms with Gasteiger partial charge in [0.2, 0.25) is 5.91 Å². The summed E-state index contributed by atoms with van der Waals surface area (Å²) in [7, 11) is 0. The topological polar surface area (TPSA) is 71.1 Å². The number of anilines is 1. The van der Waals surface area contributed by atoms with Crippen LogP contribution in [0.3, 0.4) is 0 Å². The Kier molecular flexibility index (Phi) is 6.91. The number of ether oxygens (including phenoxy) is 2. The second-order valence-electron chi connectivity index (χ2n) is 7.84. The predicted octanol–water partition coefficient (Wildman–Crippen LogP) is 1.58. The van der Waals surface area contributed by atoms with Gasteiger partial charge in [0.1, 0.15) is 12.3 Å². The summed E-state index contributed by atoms with van der Waals surface area (Å²) in [5, 5.41) is 2.95. The Morgan fingerprint density at radius 3 is 2.75 bits per heavy atom. The van der Waals surface area contributed by atoms with E-state index in [1.54, 1.807) is 4.90 Å². The van der Waals surface area contributed by atoms with Gasteiger partial charge >= 0.3 is 0 Å². The Morgan fingerprint density at radius 1 is 1.29 bits per heavy atom. The molecule has 2 aliphatic rings. The molecule has 7 heteroatoms. The number of nitrogens with one attached hydrogen (secondary N) is 1. The van der Waals surface area contributed by atoms with Crippen molar-refractivity contribution in [1.29, 1.82) is 0 Å². The van der Waals surface area contributed by atoms with Gasteiger partial charge in [0.05, 0.1) is 18.9 Å². The van der Waals surface area contributed by atoms with Crippen LogP contribution in [-0.2, 0) is 14.3 Å². The van der Waals surface area contributed by atoms with Crippen LogP contribution in [0, 0.1) is 12.8 Å². The van der Waals surface area contributed by atoms with Gasteiger partial charge in [-0.3, -0.25) is 19.4 Å². The van der Waals surface area contributed by atoms with Crippen molar-refractivity contribution in [2.45, 2.75) is 33.3 Å². The van der Waals surface area contributed by atoms with Crippen LogP contribution >= 0.6 is 0 Å². The van der Waals surface area contributed by atoms with E-state index in [0.29, 0.717) is 18.0 Å². The molecule has 1 aromatic rings. The first-order chi connectivity index (χ1) is 13.5. The molecule has 1 N–H and O–H groups in total. The quantitative estimate of drug-likeness (QED) is 0.717. The molecule has 1 fully saturated rings. The van der Waals surface area contributed by atoms with Crippen molar-refractivity contribution in [1.82, 2.24) is 10.2 Å². The van der Waals surface area contributed by atoms with Crippen LogP contribution in [0.4, 0.5) is 5.69 Å². The van der Waals surface area contributed by atoms with E-state index < -0.39 is 6.10 Å². The average Bonchev–Trinajstić information content (AvgIpc) is 2.68. The number of fused-ring (bicyclic) bond motifs is 1. The third-order valence-corrected chi connectivity index (χ3v) is 5.15. The lowest BCUT2D eigenvalue weighted by Crippen LogP contribution is -2.51. The molecule has 0 aromatic heterocycles. The predicted molar refractivity (Wildman–Crippen MR) is 108 cm³/mol. The highest BCUT2D eigenvalue weighted by atomic mass is 16.5. The molecule has 1 atom stereocenters. The minimum absolute atomic E-state index is 0.0133. The summed E-state index contributed by atoms with van der Waals surface area (Å²) in [5.74, 6) is 0.383. The van der Waals surface area contributed by atoms with Gasteiger partial charge in [0.25, 0.3) is 5.91 Å². The van der Waals surface area contributed by atoms with Crippen LogP contribution in [0.5, 0.6) is 5.75 Å². The molecular formula is C21H31N3O4. The van der Waals surface area contributed by atoms with Crippen LogP contribution < -0.4 is 15.0 Å². The van der Waals surface area contributed by atoms with Crippen LogP contribution in [0.15, 0.2) is 18.2 Å². The normalized spacial score (nSPS) is 20.1. The lowest BCUT2D eigenvalue weighted by Gasteiger charge is -2.35. The number of benzene rings is 1. The third kappa shape index (κ3) is 5.02. The highest BCUT2D eigenvalue weighted by molar-refractivity contribution is 6.04. The lowest BCUT2D eigenvalue weighted by atomic mass is 10.0. The highest BCUT2D eigenvalue weighted by Crippen LogP contribution is 2.36. The zero-order valence-electron chi connectivity index (χ0n) is 17.1. The minimum atomic E-state index is -0.565. The van der Waals surface area contributed by atoms with Gasteiger partial charge in [-0.05, 0) is 43.5 Å². The third-order valence-electron chi connectivity index (χ3n) is 5.15. The summed E-state index contributed by atoms with van der Waals surface area (Å²) < 4.78 is 11.2. The Labute approximate surface area is 167 Å². The number of carbonyl (C=O) groups excluding carboxylic acids is 2. The van der Waals surface area contributed by atoms with E-state index in [0.717, 1.165) is 44.8 Å². The number of morpholine rings is 1. The number of hydrogen-bond acceptors (Lipinski definition) is 5. The average molecular weight is 389 g/mol. The summed E-state index contributed by atoms with van der Waals surface area (Å²) >= 11 is 0. The summed E-state index contributed by atoms with van der Waals surface area (Å²) in [5.41, 5.74) is 1.69. The van der Waals surface area contributed by atoms with E-state index in [9.17, 15) is 9.59 Å². The Balaban J connectivity index is 1.57. The fourth-order valence-corrected chi connectivity index (χ4v) is 3.54. The van der Waals surface area contributed by atoms with Crippen LogP contribution in [0.1, 0.15) is 25.8 Å². The molecule has 2 aliphatic heterocycles. The molecule has 0 saturated carbocycles. The largest absolute Gasteiger partial charge is 0.478 e. The molecule has 3 rings (SSSR count). The number of aryl methyl sites for hydroxylation is 1. The van der Waals surface area contributed by atoms with E-state index in [-0.39, 0.29) is 24.3 Å². The van der Waals surface area contributed by atoms with Gasteiger partial charge in [-0.15, -0.1) is 0 Å². The van der Waals surface area contributed by atoms with E-state index >= 15 is 0 Å². The number of nitrogens with zero attached hydrogens (tertiary/aromatic N) is 2. The molecule has 0 radical (unpaired) electrons. The highest BCUT2D eigenvalue weighted by Gasteiger charge is 2.37. The van der Waals surface area contributed by atoms with E-state index in [1.807, 2.05) is 39.0 Å². The molecule has 2 amide bonds. The molecule has 7 nitrogen and oxygen atoms in total. The SMILES string of the molecule is Cc1ccc2c(c1)N(CC(=O)NCCCN1CCOCC1)C(=O)[C@@H](C(C)C)O2. The molecule has 28 heavy (non-hydrogen) atoms. The van der Waals surface area contributed by atoms with Gasteiger partial charge in [-0.25, -0.2) is 0 Å². The zero-order valence-corrected chi connectivity index (χ0v) is 17.1. The van der Waals surface area contributed by atoms with Crippen molar-refractivity contribution in [3.05, 3.63) is 23.8 Å². The van der Waals surface area contributed by atoms with Crippen molar-refractivity contribution in [2.75, 3.05) is 50.8 Å². The van der Waals surface area contributed by atoms with Gasteiger partial charge in [-0.2, -0.15) is 0 Å². The monoisotopic (exact) mass is 389 g/mol. The van der Waals surface area contributed by atoms with Crippen molar-refractivity contribution in [3.8, 4) is 5.75 Å². The first-order valence-corrected chi connectivity index (χ1v) is 10.1. The smallest absolute Gasteiger partial charge is 0.268 e. The summed E-state index contributed by atoms with van der Waals surface area (Å²) in [6.07, 6.45) is 0.317. The fraction of sp³-hybridized carbons (Fsp3) is 0.619. The van der Waals surface area contributed by atoms with Crippen molar-refractivity contribution >= 4 is 17.5 Å². The summed E-state index contributed by atoms with van der Waals surface area (Å²) in [6, 6.07) is 5.73. The molecule has 0 bridgehead atoms. The van der Waals surface area contributed by atoms with Crippen LogP contribution in [0.25, 0.3) is 0 Å². The fourth-order valence-electron chi connectivity index (χ4n) is 3.54. The first-order valence-electron chi connectivity index (χ1n) is 10.1. The summed E-state index contributed by atoms with van der Waals surface area (Å²) in [6.45, 7) is 10.9. The molecule has 2 heterocycles. The van der Waals surface area contributed by atoms with Gasteiger partial charge in [-0.1, -0.05) is 19.9 Å². The van der Waals surface area contributed by atoms with Crippen molar-refractivity contribution in [3.63, 3.8) is 0 Å². The molecule has 0 aliphatic carbocycles. The van der Waals surface area contributed by atoms with Gasteiger partial charge < -0.3 is 14.8 Å². The lowest BCUT2D eigenvalue weighted by molar-refractivity contribution is -0.130. The molecule has 1 saturated heterocycles. The Hall–Kier alpha value is -2.12. The first kappa shape index (κ1) is 20.6. The van der Waals surface area contributed by atoms with Gasteiger partial charge in [0, 0.05) is 19.6 Å². The maximum Gasteiger partial charge on any atom is 0.268 e. The zero-order chi connectivity index (χ0) is 20.1. The Bertz CT molecular complexity index is 701. The molecule has 1 aromatic carbocycles. The molecule has 154 valence electrons. The second-order valence-corrected chi connectivity index (χ2v) is 7.84. The number of amides is 2. The van der Waals surface area contributed by atoms with Crippen LogP contribution in [-0.4, -0.2) is 68.8 Å². The van der Waals surface area contributed by atoms with Crippen molar-refractivity contribution in [2.24, 2.45) is 5.92 Å². The number of hydrogen-bond donors (Lipinski definition) is 1. The molecular weight excluding hydrogens is 358 g/mol. The van der Waals surface area contributed by atoms with Crippen molar-refractivity contribution < 1.29 is 19.1 Å². The molecule has 0 unspecified atom stereocenters. The van der Waals surface area contributed by atoms with E-state index in [4.69, 9.17) is 9.47 Å². The van der Waals surface area contributed by atoms with Crippen LogP contribution in [0.2, 0.25) is 0 Å². The minimum Gasteiger partial charge on any atom is -0.478 e. The molecule has 0 spiro atoms. The Morgan fingerprint density at radius 2 is 2.04 bits per heavy atom. The maximum absolute atomic E-state index is 12.9. The maximum atomic E-state index is 12.9. The number of rotatable bonds is 7.